The fourth-order valence-electron chi connectivity index (χ4n) is 8.08. The van der Waals surface area contributed by atoms with E-state index in [0.29, 0.717) is 56.3 Å². The highest BCUT2D eigenvalue weighted by Crippen LogP contribution is 2.28. The molecule has 1 saturated carbocycles. The van der Waals surface area contributed by atoms with Crippen LogP contribution in [-0.2, 0) is 27.4 Å². The molecule has 0 radical (unpaired) electrons. The van der Waals surface area contributed by atoms with Crippen molar-refractivity contribution >= 4 is 84.6 Å². The Morgan fingerprint density at radius 1 is 0.652 bits per heavy atom. The Morgan fingerprint density at radius 2 is 1.15 bits per heavy atom. The van der Waals surface area contributed by atoms with Crippen molar-refractivity contribution in [2.75, 3.05) is 50.2 Å². The topological polar surface area (TPSA) is 220 Å². The van der Waals surface area contributed by atoms with E-state index in [0.717, 1.165) is 82.1 Å². The normalized spacial score (nSPS) is 17.0. The molecule has 346 valence electrons. The first kappa shape index (κ1) is 45.5. The van der Waals surface area contributed by atoms with Crippen molar-refractivity contribution in [1.29, 1.82) is 0 Å². The zero-order chi connectivity index (χ0) is 44.1. The molecule has 4 aliphatic rings. The number of halogens is 3. The van der Waals surface area contributed by atoms with Crippen LogP contribution in [0.3, 0.4) is 0 Å². The van der Waals surface area contributed by atoms with Gasteiger partial charge in [0.25, 0.3) is 0 Å². The lowest BCUT2D eigenvalue weighted by atomic mass is 9.96. The summed E-state index contributed by atoms with van der Waals surface area (Å²) in [6.45, 7) is 5.78. The summed E-state index contributed by atoms with van der Waals surface area (Å²) < 4.78 is 22.8. The number of carbonyl (C=O) groups is 1. The number of Topliss-reactive ketones (excluding diaryl/α,β-unsaturated/α-hetero) is 1. The van der Waals surface area contributed by atoms with Crippen LogP contribution in [0.25, 0.3) is 11.3 Å². The van der Waals surface area contributed by atoms with Crippen LogP contribution in [-0.4, -0.2) is 135 Å². The van der Waals surface area contributed by atoms with E-state index in [-0.39, 0.29) is 18.2 Å². The molecule has 11 heterocycles. The number of carbonyl (C=O) groups excluding carboxylic acids is 1. The standard InChI is InChI=1S/C20H23BrN10O.C18H20BrN9.C3H4O2.ClH/c21-18-2-1-5-30-19(18)24-20(26-30)23-14-8-22-29(9-14)10-15-11-31(27-25-15)16-3-6-28(7-4-16)17-12-32-13-17;19-16-7-4-8-27-17(16)22-18(24-27)21-13-9-20-26(10-13)11-14-12-28(25-23-14)15-5-2-1-3-6-15;4-3-1-5-2-3;/h1-2,5,8-9,11,16-17H,3-4,6-7,10,12-13H2,(H,23,26);4,7-10,12,15H,1-3,5-6,11H2,(H,21,24);1-2H2;1H. The van der Waals surface area contributed by atoms with E-state index < -0.39 is 0 Å². The number of aromatic nitrogens is 16. The van der Waals surface area contributed by atoms with E-state index in [1.54, 1.807) is 21.4 Å². The number of nitrogens with zero attached hydrogens (tertiary/aromatic N) is 17. The van der Waals surface area contributed by atoms with Gasteiger partial charge in [-0.05, 0) is 81.8 Å². The van der Waals surface area contributed by atoms with Crippen LogP contribution in [0.2, 0.25) is 0 Å². The van der Waals surface area contributed by atoms with Crippen LogP contribution >= 0.6 is 44.3 Å². The Bertz CT molecular complexity index is 2850. The van der Waals surface area contributed by atoms with Crippen LogP contribution in [0.1, 0.15) is 68.4 Å². The maximum absolute atomic E-state index is 9.77. The molecule has 8 aromatic rings. The molecule has 3 aliphatic heterocycles. The van der Waals surface area contributed by atoms with Gasteiger partial charge in [-0.15, -0.1) is 32.8 Å². The smallest absolute Gasteiger partial charge is 0.247 e. The first-order chi connectivity index (χ1) is 31.8. The predicted octanol–water partition coefficient (Wildman–Crippen LogP) is 5.69. The first-order valence-corrected chi connectivity index (χ1v) is 23.3. The summed E-state index contributed by atoms with van der Waals surface area (Å²) in [6.07, 6.45) is 23.6. The molecule has 1 aliphatic carbocycles. The number of hydrogen-bond donors (Lipinski definition) is 2. The molecule has 0 aromatic carbocycles. The SMILES string of the molecule is Brc1cccn2nc(Nc3cnn(Cc4cn(C5CCCCC5)nn4)c3)nc12.Brc1cccn2nc(Nc3cnn(Cc4cn(C5CCN(C6COC6)CC5)nn4)c3)nc12.Cl.O=C1COC1. The van der Waals surface area contributed by atoms with Crippen LogP contribution < -0.4 is 10.6 Å². The molecule has 12 rings (SSSR count). The largest absolute Gasteiger partial charge is 0.378 e. The molecule has 8 aromatic heterocycles. The molecular weight excluding hydrogens is 1000 g/mol. The van der Waals surface area contributed by atoms with Crippen molar-refractivity contribution in [1.82, 2.24) is 83.6 Å². The Morgan fingerprint density at radius 3 is 1.59 bits per heavy atom. The highest BCUT2D eigenvalue weighted by molar-refractivity contribution is 9.11. The van der Waals surface area contributed by atoms with Gasteiger partial charge in [0.15, 0.2) is 17.1 Å². The molecule has 3 saturated heterocycles. The van der Waals surface area contributed by atoms with Gasteiger partial charge in [-0.25, -0.2) is 18.4 Å². The number of rotatable bonds is 11. The van der Waals surface area contributed by atoms with Crippen molar-refractivity contribution < 1.29 is 14.3 Å². The van der Waals surface area contributed by atoms with Gasteiger partial charge in [0.1, 0.15) is 24.6 Å². The summed E-state index contributed by atoms with van der Waals surface area (Å²) in [5.74, 6) is 1.25. The minimum absolute atomic E-state index is 0. The molecule has 0 unspecified atom stereocenters. The summed E-state index contributed by atoms with van der Waals surface area (Å²) >= 11 is 6.98. The molecule has 2 N–H and O–H groups in total. The molecule has 25 heteroatoms. The minimum atomic E-state index is 0. The van der Waals surface area contributed by atoms with E-state index in [1.807, 2.05) is 80.2 Å². The fraction of sp³-hybridized carbons (Fsp3) is 0.439. The van der Waals surface area contributed by atoms with Crippen molar-refractivity contribution in [3.8, 4) is 0 Å². The molecule has 0 atom stereocenters. The minimum Gasteiger partial charge on any atom is -0.378 e. The summed E-state index contributed by atoms with van der Waals surface area (Å²) in [4.78, 5) is 21.3. The molecule has 22 nitrogen and oxygen atoms in total. The fourth-order valence-corrected chi connectivity index (χ4v) is 8.93. The van der Waals surface area contributed by atoms with E-state index in [4.69, 9.17) is 4.74 Å². The second-order valence-corrected chi connectivity index (χ2v) is 18.1. The lowest BCUT2D eigenvalue weighted by Crippen LogP contribution is -2.51. The Balaban J connectivity index is 0.000000149. The van der Waals surface area contributed by atoms with Gasteiger partial charge in [-0.1, -0.05) is 29.7 Å². The van der Waals surface area contributed by atoms with Gasteiger partial charge < -0.3 is 20.1 Å². The lowest BCUT2D eigenvalue weighted by molar-refractivity contribution is -0.140. The number of pyridine rings is 2. The zero-order valence-corrected chi connectivity index (χ0v) is 39.7. The molecule has 0 bridgehead atoms. The first-order valence-electron chi connectivity index (χ1n) is 21.7. The van der Waals surface area contributed by atoms with Crippen LogP contribution in [0.5, 0.6) is 0 Å². The molecule has 4 fully saturated rings. The van der Waals surface area contributed by atoms with E-state index in [2.05, 4.69) is 103 Å². The average molecular weight is 1050 g/mol. The maximum atomic E-state index is 9.77. The van der Waals surface area contributed by atoms with E-state index in [1.165, 1.54) is 32.1 Å². The highest BCUT2D eigenvalue weighted by Gasteiger charge is 2.30. The highest BCUT2D eigenvalue weighted by atomic mass is 79.9. The third-order valence-corrected chi connectivity index (χ3v) is 12.9. The van der Waals surface area contributed by atoms with Crippen molar-refractivity contribution in [3.05, 3.63) is 94.2 Å². The van der Waals surface area contributed by atoms with Crippen molar-refractivity contribution in [3.63, 3.8) is 0 Å². The van der Waals surface area contributed by atoms with Crippen LogP contribution in [0.15, 0.2) is 82.8 Å². The average Bonchev–Trinajstić information content (AvgIpc) is 4.16. The number of nitrogens with one attached hydrogen (secondary N) is 2. The number of ketones is 1. The zero-order valence-electron chi connectivity index (χ0n) is 35.8. The van der Waals surface area contributed by atoms with Gasteiger partial charge in [-0.2, -0.15) is 20.2 Å². The van der Waals surface area contributed by atoms with Gasteiger partial charge in [-0.3, -0.25) is 19.1 Å². The summed E-state index contributed by atoms with van der Waals surface area (Å²) in [5, 5.41) is 41.5. The van der Waals surface area contributed by atoms with Gasteiger partial charge in [0.2, 0.25) is 11.9 Å². The monoisotopic (exact) mass is 1050 g/mol. The molecule has 0 spiro atoms. The second kappa shape index (κ2) is 20.9. The van der Waals surface area contributed by atoms with E-state index >= 15 is 0 Å². The number of likely N-dealkylation sites (tertiary alicyclic amines) is 1. The quantitative estimate of drug-likeness (QED) is 0.159. The van der Waals surface area contributed by atoms with E-state index in [9.17, 15) is 4.79 Å². The van der Waals surface area contributed by atoms with Gasteiger partial charge >= 0.3 is 0 Å². The Hall–Kier alpha value is -5.66. The number of hydrogen-bond acceptors (Lipinski definition) is 16. The van der Waals surface area contributed by atoms with Crippen LogP contribution in [0.4, 0.5) is 23.3 Å². The molecular formula is C41H48Br2ClN19O3. The summed E-state index contributed by atoms with van der Waals surface area (Å²) in [7, 11) is 0. The van der Waals surface area contributed by atoms with Crippen molar-refractivity contribution in [2.45, 2.75) is 76.2 Å². The predicted molar refractivity (Wildman–Crippen MR) is 250 cm³/mol. The molecule has 0 amide bonds. The maximum Gasteiger partial charge on any atom is 0.247 e. The third-order valence-electron chi connectivity index (χ3n) is 11.7. The lowest BCUT2D eigenvalue weighted by Gasteiger charge is -2.41. The Kier molecular flexibility index (Phi) is 14.4. The number of ether oxygens (including phenoxy) is 2. The number of piperidine rings is 1. The second-order valence-electron chi connectivity index (χ2n) is 16.4. The van der Waals surface area contributed by atoms with Gasteiger partial charge in [0, 0.05) is 37.9 Å². The van der Waals surface area contributed by atoms with Crippen molar-refractivity contribution in [2.24, 2.45) is 0 Å². The summed E-state index contributed by atoms with van der Waals surface area (Å²) in [5.41, 5.74) is 4.96. The van der Waals surface area contributed by atoms with Crippen LogP contribution in [0, 0.1) is 0 Å². The van der Waals surface area contributed by atoms with Gasteiger partial charge in [0.05, 0.1) is 89.5 Å². The summed E-state index contributed by atoms with van der Waals surface area (Å²) in [6, 6.07) is 9.20. The Labute approximate surface area is 401 Å². The third kappa shape index (κ3) is 11.0. The number of fused-ring (bicyclic) bond motifs is 2. The molecule has 66 heavy (non-hydrogen) atoms. The number of anilines is 4.